The number of aromatic nitrogens is 3. The van der Waals surface area contributed by atoms with Gasteiger partial charge in [-0.2, -0.15) is 0 Å². The summed E-state index contributed by atoms with van der Waals surface area (Å²) in [5.74, 6) is 0.307. The molecule has 0 unspecified atom stereocenters. The van der Waals surface area contributed by atoms with Crippen LogP contribution in [-0.4, -0.2) is 27.4 Å². The summed E-state index contributed by atoms with van der Waals surface area (Å²) in [5, 5.41) is 3.13. The molecule has 4 aromatic rings. The highest BCUT2D eigenvalue weighted by molar-refractivity contribution is 6.29. The number of nitrogens with one attached hydrogen (secondary N) is 1. The van der Waals surface area contributed by atoms with Crippen molar-refractivity contribution >= 4 is 39.9 Å². The smallest absolute Gasteiger partial charge is 0.291 e. The van der Waals surface area contributed by atoms with Crippen LogP contribution >= 0.6 is 11.6 Å². The fraction of sp³-hybridized carbons (Fsp3) is 0.118. The summed E-state index contributed by atoms with van der Waals surface area (Å²) < 4.78 is 12.7. The van der Waals surface area contributed by atoms with Gasteiger partial charge in [0.25, 0.3) is 5.91 Å². The molecule has 0 aliphatic carbocycles. The van der Waals surface area contributed by atoms with Crippen molar-refractivity contribution < 1.29 is 13.9 Å². The van der Waals surface area contributed by atoms with E-state index in [2.05, 4.69) is 15.3 Å². The number of carbonyl (C=O) groups is 1. The third-order valence-corrected chi connectivity index (χ3v) is 3.89. The number of hydrogen-bond donors (Lipinski definition) is 1. The predicted molar refractivity (Wildman–Crippen MR) is 93.5 cm³/mol. The molecule has 7 nitrogen and oxygen atoms in total. The maximum atomic E-state index is 12.5. The van der Waals surface area contributed by atoms with Crippen molar-refractivity contribution in [3.63, 3.8) is 0 Å². The molecule has 0 saturated carbocycles. The van der Waals surface area contributed by atoms with Crippen LogP contribution in [0.4, 0.5) is 5.69 Å². The quantitative estimate of drug-likeness (QED) is 0.566. The lowest BCUT2D eigenvalue weighted by Gasteiger charge is -2.07. The standard InChI is InChI=1S/C17H13ClN4O3/c1-9-7-22-8-10(5-13(24-2)16(22)19-9)20-17(23)14-6-11-12(25-14)3-4-15(18)21-11/h3-8H,1-2H3,(H,20,23). The Balaban J connectivity index is 1.68. The number of furan rings is 1. The average Bonchev–Trinajstić information content (AvgIpc) is 3.16. The third-order valence-electron chi connectivity index (χ3n) is 3.68. The second kappa shape index (κ2) is 5.78. The number of ether oxygens (including phenoxy) is 1. The van der Waals surface area contributed by atoms with E-state index < -0.39 is 5.91 Å². The van der Waals surface area contributed by atoms with Crippen molar-refractivity contribution in [1.82, 2.24) is 14.4 Å². The Kier molecular flexibility index (Phi) is 3.58. The summed E-state index contributed by atoms with van der Waals surface area (Å²) >= 11 is 5.85. The normalized spacial score (nSPS) is 11.2. The van der Waals surface area contributed by atoms with Crippen LogP contribution in [0, 0.1) is 6.92 Å². The van der Waals surface area contributed by atoms with E-state index in [-0.39, 0.29) is 5.76 Å². The van der Waals surface area contributed by atoms with Crippen LogP contribution in [0.2, 0.25) is 5.15 Å². The van der Waals surface area contributed by atoms with Crippen LogP contribution in [-0.2, 0) is 0 Å². The molecular weight excluding hydrogens is 344 g/mol. The molecule has 4 heterocycles. The highest BCUT2D eigenvalue weighted by Gasteiger charge is 2.15. The number of halogens is 1. The van der Waals surface area contributed by atoms with Gasteiger partial charge in [0.15, 0.2) is 22.7 Å². The molecule has 8 heteroatoms. The minimum atomic E-state index is -0.396. The van der Waals surface area contributed by atoms with Crippen molar-refractivity contribution in [2.24, 2.45) is 0 Å². The van der Waals surface area contributed by atoms with Gasteiger partial charge < -0.3 is 18.9 Å². The number of imidazole rings is 1. The molecule has 0 bridgehead atoms. The zero-order chi connectivity index (χ0) is 17.6. The first kappa shape index (κ1) is 15.5. The van der Waals surface area contributed by atoms with Crippen molar-refractivity contribution in [1.29, 1.82) is 0 Å². The van der Waals surface area contributed by atoms with Gasteiger partial charge in [-0.05, 0) is 19.1 Å². The SMILES string of the molecule is COc1cc(NC(=O)c2cc3nc(Cl)ccc3o2)cn2cc(C)nc12. The van der Waals surface area contributed by atoms with Gasteiger partial charge in [-0.25, -0.2) is 9.97 Å². The number of nitrogens with zero attached hydrogens (tertiary/aromatic N) is 3. The van der Waals surface area contributed by atoms with E-state index in [4.69, 9.17) is 20.8 Å². The topological polar surface area (TPSA) is 81.7 Å². The van der Waals surface area contributed by atoms with E-state index >= 15 is 0 Å². The van der Waals surface area contributed by atoms with E-state index in [1.807, 2.05) is 13.1 Å². The molecule has 0 fully saturated rings. The monoisotopic (exact) mass is 356 g/mol. The van der Waals surface area contributed by atoms with Crippen LogP contribution in [0.25, 0.3) is 16.7 Å². The summed E-state index contributed by atoms with van der Waals surface area (Å²) in [6, 6.07) is 6.53. The fourth-order valence-electron chi connectivity index (χ4n) is 2.61. The van der Waals surface area contributed by atoms with Gasteiger partial charge in [0.05, 0.1) is 18.5 Å². The van der Waals surface area contributed by atoms with Crippen LogP contribution in [0.3, 0.4) is 0 Å². The number of hydrogen-bond acceptors (Lipinski definition) is 5. The Morgan fingerprint density at radius 3 is 2.92 bits per heavy atom. The maximum absolute atomic E-state index is 12.5. The van der Waals surface area contributed by atoms with Crippen molar-refractivity contribution in [3.8, 4) is 5.75 Å². The molecule has 0 saturated heterocycles. The van der Waals surface area contributed by atoms with E-state index in [1.54, 1.807) is 42.0 Å². The molecule has 25 heavy (non-hydrogen) atoms. The Morgan fingerprint density at radius 2 is 2.12 bits per heavy atom. The predicted octanol–water partition coefficient (Wildman–Crippen LogP) is 3.70. The van der Waals surface area contributed by atoms with E-state index in [1.165, 1.54) is 0 Å². The summed E-state index contributed by atoms with van der Waals surface area (Å²) in [4.78, 5) is 21.0. The molecular formula is C17H13ClN4O3. The first-order valence-electron chi connectivity index (χ1n) is 7.44. The maximum Gasteiger partial charge on any atom is 0.291 e. The molecule has 0 aliphatic rings. The van der Waals surface area contributed by atoms with Crippen molar-refractivity contribution in [3.05, 3.63) is 53.3 Å². The Bertz CT molecular complexity index is 1120. The molecule has 4 aromatic heterocycles. The van der Waals surface area contributed by atoms with Crippen LogP contribution in [0.15, 0.2) is 41.1 Å². The molecule has 0 radical (unpaired) electrons. The van der Waals surface area contributed by atoms with Gasteiger partial charge in [-0.3, -0.25) is 4.79 Å². The fourth-order valence-corrected chi connectivity index (χ4v) is 2.77. The minimum absolute atomic E-state index is 0.144. The first-order valence-corrected chi connectivity index (χ1v) is 7.82. The van der Waals surface area contributed by atoms with Gasteiger partial charge in [-0.1, -0.05) is 11.6 Å². The van der Waals surface area contributed by atoms with Crippen molar-refractivity contribution in [2.75, 3.05) is 12.4 Å². The zero-order valence-corrected chi connectivity index (χ0v) is 14.2. The van der Waals surface area contributed by atoms with E-state index in [0.29, 0.717) is 33.3 Å². The third kappa shape index (κ3) is 2.78. The van der Waals surface area contributed by atoms with Crippen LogP contribution < -0.4 is 10.1 Å². The Morgan fingerprint density at radius 1 is 1.28 bits per heavy atom. The number of aryl methyl sites for hydroxylation is 1. The number of pyridine rings is 2. The first-order chi connectivity index (χ1) is 12.0. The molecule has 1 amide bonds. The summed E-state index contributed by atoms with van der Waals surface area (Å²) in [6.07, 6.45) is 3.61. The number of amides is 1. The highest BCUT2D eigenvalue weighted by atomic mass is 35.5. The second-order valence-corrected chi connectivity index (χ2v) is 5.88. The van der Waals surface area contributed by atoms with Gasteiger partial charge in [-0.15, -0.1) is 0 Å². The average molecular weight is 357 g/mol. The Hall–Kier alpha value is -3.06. The summed E-state index contributed by atoms with van der Waals surface area (Å²) in [6.45, 7) is 1.89. The molecule has 0 aliphatic heterocycles. The molecule has 4 rings (SSSR count). The van der Waals surface area contributed by atoms with Crippen LogP contribution in [0.1, 0.15) is 16.2 Å². The lowest BCUT2D eigenvalue weighted by molar-refractivity contribution is 0.0998. The van der Waals surface area contributed by atoms with Gasteiger partial charge in [0, 0.05) is 24.5 Å². The Labute approximate surface area is 147 Å². The van der Waals surface area contributed by atoms with E-state index in [0.717, 1.165) is 5.69 Å². The number of anilines is 1. The molecule has 0 atom stereocenters. The number of methoxy groups -OCH3 is 1. The summed E-state index contributed by atoms with van der Waals surface area (Å²) in [5.41, 5.74) is 3.10. The van der Waals surface area contributed by atoms with Gasteiger partial charge >= 0.3 is 0 Å². The molecule has 0 spiro atoms. The molecule has 0 aromatic carbocycles. The highest BCUT2D eigenvalue weighted by Crippen LogP contribution is 2.25. The second-order valence-electron chi connectivity index (χ2n) is 5.49. The molecule has 1 N–H and O–H groups in total. The number of fused-ring (bicyclic) bond motifs is 2. The number of rotatable bonds is 3. The molecule has 126 valence electrons. The lowest BCUT2D eigenvalue weighted by atomic mass is 10.3. The van der Waals surface area contributed by atoms with Crippen molar-refractivity contribution in [2.45, 2.75) is 6.92 Å². The van der Waals surface area contributed by atoms with E-state index in [9.17, 15) is 4.79 Å². The van der Waals surface area contributed by atoms with Gasteiger partial charge in [0.2, 0.25) is 0 Å². The largest absolute Gasteiger partial charge is 0.493 e. The minimum Gasteiger partial charge on any atom is -0.493 e. The lowest BCUT2D eigenvalue weighted by Crippen LogP contribution is -2.11. The zero-order valence-electron chi connectivity index (χ0n) is 13.4. The number of carbonyl (C=O) groups excluding carboxylic acids is 1. The van der Waals surface area contributed by atoms with Gasteiger partial charge in [0.1, 0.15) is 10.7 Å². The summed E-state index contributed by atoms with van der Waals surface area (Å²) in [7, 11) is 1.56. The van der Waals surface area contributed by atoms with Crippen LogP contribution in [0.5, 0.6) is 5.75 Å².